The van der Waals surface area contributed by atoms with Crippen molar-refractivity contribution < 1.29 is 4.92 Å². The molecule has 0 aromatic carbocycles. The number of nitrogens with one attached hydrogen (secondary N) is 1. The Morgan fingerprint density at radius 3 is 2.92 bits per heavy atom. The summed E-state index contributed by atoms with van der Waals surface area (Å²) >= 11 is 0. The van der Waals surface area contributed by atoms with Gasteiger partial charge in [-0.3, -0.25) is 0 Å². The molecule has 0 radical (unpaired) electrons. The van der Waals surface area contributed by atoms with Crippen molar-refractivity contribution in [2.75, 3.05) is 0 Å². The molecule has 0 aliphatic heterocycles. The fourth-order valence-corrected chi connectivity index (χ4v) is 1.10. The second kappa shape index (κ2) is 2.51. The highest BCUT2D eigenvalue weighted by Crippen LogP contribution is 2.13. The molecule has 0 aliphatic rings. The summed E-state index contributed by atoms with van der Waals surface area (Å²) in [6.07, 6.45) is 0. The molecule has 6 nitrogen and oxygen atoms in total. The van der Waals surface area contributed by atoms with E-state index in [1.807, 2.05) is 0 Å². The second-order valence-electron chi connectivity index (χ2n) is 2.62. The van der Waals surface area contributed by atoms with Gasteiger partial charge in [0, 0.05) is 6.07 Å². The zero-order valence-electron chi connectivity index (χ0n) is 6.81. The fraction of sp³-hybridized carbons (Fsp3) is 0.143. The third-order valence-corrected chi connectivity index (χ3v) is 1.64. The average Bonchev–Trinajstić information content (AvgIpc) is 2.42. The van der Waals surface area contributed by atoms with Crippen molar-refractivity contribution in [1.82, 2.24) is 15.0 Å². The Morgan fingerprint density at radius 2 is 2.23 bits per heavy atom. The van der Waals surface area contributed by atoms with E-state index in [4.69, 9.17) is 0 Å². The molecule has 13 heavy (non-hydrogen) atoms. The largest absolute Gasteiger partial charge is 0.366 e. The van der Waals surface area contributed by atoms with Crippen LogP contribution in [0.5, 0.6) is 0 Å². The molecule has 0 saturated heterocycles. The predicted molar refractivity (Wildman–Crippen MR) is 45.3 cm³/mol. The summed E-state index contributed by atoms with van der Waals surface area (Å²) in [6.45, 7) is 1.77. The van der Waals surface area contributed by atoms with Gasteiger partial charge in [0.2, 0.25) is 0 Å². The summed E-state index contributed by atoms with van der Waals surface area (Å²) in [4.78, 5) is 20.5. The van der Waals surface area contributed by atoms with Gasteiger partial charge in [-0.05, 0) is 22.9 Å². The number of pyridine rings is 1. The van der Waals surface area contributed by atoms with Crippen LogP contribution in [0.2, 0.25) is 0 Å². The molecule has 0 spiro atoms. The first kappa shape index (κ1) is 7.66. The summed E-state index contributed by atoms with van der Waals surface area (Å²) < 4.78 is 0. The van der Waals surface area contributed by atoms with E-state index >= 15 is 0 Å². The van der Waals surface area contributed by atoms with E-state index in [9.17, 15) is 10.1 Å². The zero-order valence-corrected chi connectivity index (χ0v) is 6.81. The number of nitrogens with zero attached hydrogens (tertiary/aromatic N) is 3. The maximum atomic E-state index is 10.4. The lowest BCUT2D eigenvalue weighted by atomic mass is 10.4. The molecule has 6 heteroatoms. The number of H-pyrrole nitrogens is 1. The van der Waals surface area contributed by atoms with Gasteiger partial charge in [0.25, 0.3) is 5.65 Å². The summed E-state index contributed by atoms with van der Waals surface area (Å²) in [7, 11) is 0. The Kier molecular flexibility index (Phi) is 1.48. The third kappa shape index (κ3) is 1.22. The van der Waals surface area contributed by atoms with Crippen LogP contribution in [0.4, 0.5) is 5.82 Å². The van der Waals surface area contributed by atoms with E-state index in [0.717, 1.165) is 0 Å². The van der Waals surface area contributed by atoms with Gasteiger partial charge < -0.3 is 15.1 Å². The normalized spacial score (nSPS) is 10.5. The van der Waals surface area contributed by atoms with Gasteiger partial charge in [-0.25, -0.2) is 0 Å². The van der Waals surface area contributed by atoms with E-state index < -0.39 is 4.92 Å². The lowest BCUT2D eigenvalue weighted by Gasteiger charge is -1.88. The van der Waals surface area contributed by atoms with Crippen LogP contribution < -0.4 is 0 Å². The number of aromatic amines is 1. The topological polar surface area (TPSA) is 84.7 Å². The molecule has 2 rings (SSSR count). The van der Waals surface area contributed by atoms with Crippen LogP contribution in [0.1, 0.15) is 5.82 Å². The molecule has 0 aliphatic carbocycles. The number of rotatable bonds is 1. The number of nitro groups is 1. The van der Waals surface area contributed by atoms with Gasteiger partial charge in [0.1, 0.15) is 11.3 Å². The lowest BCUT2D eigenvalue weighted by molar-refractivity contribution is -0.389. The van der Waals surface area contributed by atoms with Crippen molar-refractivity contribution in [1.29, 1.82) is 0 Å². The van der Waals surface area contributed by atoms with Crippen LogP contribution >= 0.6 is 0 Å². The molecular formula is C7H6N4O2. The smallest absolute Gasteiger partial charge is 0.358 e. The standard InChI is InChI=1S/C7H6N4O2/c1-4-8-5-2-3-6(11(12)13)10-7(5)9-4/h2-3H,1H3,(H,8,9,10). The Morgan fingerprint density at radius 1 is 1.46 bits per heavy atom. The molecule has 0 bridgehead atoms. The number of imidazole rings is 1. The number of aromatic nitrogens is 3. The summed E-state index contributed by atoms with van der Waals surface area (Å²) in [6, 6.07) is 2.94. The summed E-state index contributed by atoms with van der Waals surface area (Å²) in [5.74, 6) is 0.516. The van der Waals surface area contributed by atoms with Gasteiger partial charge >= 0.3 is 5.82 Å². The maximum Gasteiger partial charge on any atom is 0.366 e. The van der Waals surface area contributed by atoms with Crippen molar-refractivity contribution in [3.63, 3.8) is 0 Å². The first-order valence-electron chi connectivity index (χ1n) is 3.64. The van der Waals surface area contributed by atoms with E-state index in [1.165, 1.54) is 6.07 Å². The predicted octanol–water partition coefficient (Wildman–Crippen LogP) is 1.17. The number of hydrogen-bond acceptors (Lipinski definition) is 4. The highest BCUT2D eigenvalue weighted by molar-refractivity contribution is 5.71. The van der Waals surface area contributed by atoms with Crippen molar-refractivity contribution in [3.05, 3.63) is 28.1 Å². The highest BCUT2D eigenvalue weighted by Gasteiger charge is 2.11. The van der Waals surface area contributed by atoms with Gasteiger partial charge in [-0.2, -0.15) is 4.98 Å². The maximum absolute atomic E-state index is 10.4. The van der Waals surface area contributed by atoms with Crippen molar-refractivity contribution in [2.24, 2.45) is 0 Å². The molecule has 0 fully saturated rings. The van der Waals surface area contributed by atoms with Gasteiger partial charge in [-0.1, -0.05) is 0 Å². The minimum absolute atomic E-state index is 0.181. The van der Waals surface area contributed by atoms with Crippen molar-refractivity contribution >= 4 is 17.0 Å². The summed E-state index contributed by atoms with van der Waals surface area (Å²) in [5.41, 5.74) is 1.09. The van der Waals surface area contributed by atoms with E-state index in [2.05, 4.69) is 15.0 Å². The molecule has 2 aromatic rings. The van der Waals surface area contributed by atoms with Crippen LogP contribution in [0, 0.1) is 17.0 Å². The minimum atomic E-state index is -0.538. The molecule has 2 aromatic heterocycles. The molecule has 0 unspecified atom stereocenters. The zero-order chi connectivity index (χ0) is 9.42. The Balaban J connectivity index is 2.67. The Hall–Kier alpha value is -1.98. The van der Waals surface area contributed by atoms with Crippen LogP contribution in [0.3, 0.4) is 0 Å². The first-order chi connectivity index (χ1) is 6.16. The van der Waals surface area contributed by atoms with Crippen LogP contribution in [-0.2, 0) is 0 Å². The summed E-state index contributed by atoms with van der Waals surface area (Å²) in [5, 5.41) is 10.4. The first-order valence-corrected chi connectivity index (χ1v) is 3.64. The minimum Gasteiger partial charge on any atom is -0.358 e. The van der Waals surface area contributed by atoms with Gasteiger partial charge in [0.05, 0.1) is 0 Å². The van der Waals surface area contributed by atoms with Crippen LogP contribution in [0.15, 0.2) is 12.1 Å². The molecule has 0 amide bonds. The molecule has 1 N–H and O–H groups in total. The number of hydrogen-bond donors (Lipinski definition) is 1. The third-order valence-electron chi connectivity index (χ3n) is 1.64. The van der Waals surface area contributed by atoms with E-state index in [0.29, 0.717) is 17.0 Å². The Bertz CT molecular complexity index is 476. The molecule has 0 saturated carbocycles. The van der Waals surface area contributed by atoms with Gasteiger partial charge in [0.15, 0.2) is 0 Å². The fourth-order valence-electron chi connectivity index (χ4n) is 1.10. The molecule has 0 atom stereocenters. The highest BCUT2D eigenvalue weighted by atomic mass is 16.6. The Labute approximate surface area is 72.8 Å². The SMILES string of the molecule is Cc1nc2nc([N+](=O)[O-])ccc2[nH]1. The van der Waals surface area contributed by atoms with Gasteiger partial charge in [-0.15, -0.1) is 0 Å². The monoisotopic (exact) mass is 178 g/mol. The second-order valence-corrected chi connectivity index (χ2v) is 2.62. The lowest BCUT2D eigenvalue weighted by Crippen LogP contribution is -1.91. The number of fused-ring (bicyclic) bond motifs is 1. The van der Waals surface area contributed by atoms with Crippen molar-refractivity contribution in [2.45, 2.75) is 6.92 Å². The van der Waals surface area contributed by atoms with Crippen molar-refractivity contribution in [3.8, 4) is 0 Å². The van der Waals surface area contributed by atoms with E-state index in [1.54, 1.807) is 13.0 Å². The van der Waals surface area contributed by atoms with E-state index in [-0.39, 0.29) is 5.82 Å². The molecule has 66 valence electrons. The average molecular weight is 178 g/mol. The number of aryl methyl sites for hydroxylation is 1. The van der Waals surface area contributed by atoms with Crippen LogP contribution in [0.25, 0.3) is 11.2 Å². The molecular weight excluding hydrogens is 172 g/mol. The van der Waals surface area contributed by atoms with Crippen LogP contribution in [-0.4, -0.2) is 19.9 Å². The molecule has 2 heterocycles. The quantitative estimate of drug-likeness (QED) is 0.524.